The number of carboxylic acid groups (broad SMARTS) is 1. The molecule has 4 heteroatoms. The molecule has 1 aliphatic rings. The predicted molar refractivity (Wildman–Crippen MR) is 38.2 cm³/mol. The molecule has 1 saturated carbocycles. The van der Waals surface area contributed by atoms with Gasteiger partial charge in [0.1, 0.15) is 5.78 Å². The normalized spacial score (nSPS) is 19.1. The van der Waals surface area contributed by atoms with Crippen molar-refractivity contribution in [2.24, 2.45) is 5.92 Å². The molecule has 0 heterocycles. The summed E-state index contributed by atoms with van der Waals surface area (Å²) in [7, 11) is 0. The maximum absolute atomic E-state index is 10.6. The van der Waals surface area contributed by atoms with E-state index in [0.29, 0.717) is 25.7 Å². The van der Waals surface area contributed by atoms with Gasteiger partial charge in [0.25, 0.3) is 0 Å². The third kappa shape index (κ3) is 2.67. The smallest absolute Gasteiger partial charge is 0.306 e. The molecule has 0 amide bonds. The SMILES string of the molecule is O.O=C1CCC(C(=O)O)CC1. The molecule has 0 atom stereocenters. The van der Waals surface area contributed by atoms with Crippen LogP contribution >= 0.6 is 0 Å². The van der Waals surface area contributed by atoms with E-state index in [1.54, 1.807) is 0 Å². The maximum Gasteiger partial charge on any atom is 0.306 e. The van der Waals surface area contributed by atoms with Crippen LogP contribution in [-0.4, -0.2) is 22.3 Å². The van der Waals surface area contributed by atoms with Gasteiger partial charge in [0.15, 0.2) is 0 Å². The Kier molecular flexibility index (Phi) is 3.74. The first-order chi connectivity index (χ1) is 4.70. The van der Waals surface area contributed by atoms with Gasteiger partial charge in [-0.15, -0.1) is 0 Å². The van der Waals surface area contributed by atoms with Crippen LogP contribution in [-0.2, 0) is 9.59 Å². The molecule has 1 fully saturated rings. The number of ketones is 1. The number of Topliss-reactive ketones (excluding diaryl/α,β-unsaturated/α-hetero) is 1. The highest BCUT2D eigenvalue weighted by Crippen LogP contribution is 2.20. The molecule has 0 spiro atoms. The molecule has 11 heavy (non-hydrogen) atoms. The lowest BCUT2D eigenvalue weighted by Crippen LogP contribution is -2.20. The molecule has 0 aromatic heterocycles. The first-order valence-electron chi connectivity index (χ1n) is 3.44. The van der Waals surface area contributed by atoms with Gasteiger partial charge in [0.05, 0.1) is 5.92 Å². The molecule has 0 unspecified atom stereocenters. The lowest BCUT2D eigenvalue weighted by Gasteiger charge is -2.15. The van der Waals surface area contributed by atoms with Crippen LogP contribution in [0.2, 0.25) is 0 Å². The van der Waals surface area contributed by atoms with Crippen LogP contribution < -0.4 is 0 Å². The number of hydrogen-bond acceptors (Lipinski definition) is 2. The fraction of sp³-hybridized carbons (Fsp3) is 0.714. The lowest BCUT2D eigenvalue weighted by molar-refractivity contribution is -0.143. The average molecular weight is 160 g/mol. The van der Waals surface area contributed by atoms with E-state index in [1.807, 2.05) is 0 Å². The minimum absolute atomic E-state index is 0. The van der Waals surface area contributed by atoms with Crippen molar-refractivity contribution >= 4 is 11.8 Å². The molecular formula is C7H12O4. The Labute approximate surface area is 64.5 Å². The van der Waals surface area contributed by atoms with Gasteiger partial charge >= 0.3 is 5.97 Å². The number of carbonyl (C=O) groups excluding carboxylic acids is 1. The number of carbonyl (C=O) groups is 2. The van der Waals surface area contributed by atoms with Crippen LogP contribution in [0, 0.1) is 5.92 Å². The fourth-order valence-electron chi connectivity index (χ4n) is 1.19. The highest BCUT2D eigenvalue weighted by Gasteiger charge is 2.23. The Bertz CT molecular complexity index is 154. The molecule has 0 aromatic rings. The Morgan fingerprint density at radius 1 is 1.36 bits per heavy atom. The van der Waals surface area contributed by atoms with Crippen LogP contribution in [0.25, 0.3) is 0 Å². The van der Waals surface area contributed by atoms with E-state index in [1.165, 1.54) is 0 Å². The largest absolute Gasteiger partial charge is 0.481 e. The fourth-order valence-corrected chi connectivity index (χ4v) is 1.19. The molecule has 0 aromatic carbocycles. The van der Waals surface area contributed by atoms with Crippen molar-refractivity contribution < 1.29 is 20.2 Å². The van der Waals surface area contributed by atoms with Crippen molar-refractivity contribution in [2.45, 2.75) is 25.7 Å². The van der Waals surface area contributed by atoms with E-state index >= 15 is 0 Å². The number of carboxylic acids is 1. The van der Waals surface area contributed by atoms with Gasteiger partial charge in [-0.1, -0.05) is 0 Å². The quantitative estimate of drug-likeness (QED) is 0.586. The summed E-state index contributed by atoms with van der Waals surface area (Å²) < 4.78 is 0. The van der Waals surface area contributed by atoms with Crippen LogP contribution in [0.1, 0.15) is 25.7 Å². The summed E-state index contributed by atoms with van der Waals surface area (Å²) in [5.41, 5.74) is 0. The molecule has 0 bridgehead atoms. The van der Waals surface area contributed by atoms with Gasteiger partial charge < -0.3 is 10.6 Å². The second-order valence-corrected chi connectivity index (χ2v) is 2.65. The van der Waals surface area contributed by atoms with Crippen molar-refractivity contribution in [3.63, 3.8) is 0 Å². The zero-order valence-corrected chi connectivity index (χ0v) is 6.17. The van der Waals surface area contributed by atoms with Gasteiger partial charge in [-0.25, -0.2) is 0 Å². The van der Waals surface area contributed by atoms with Crippen LogP contribution in [0.15, 0.2) is 0 Å². The summed E-state index contributed by atoms with van der Waals surface area (Å²) in [5, 5.41) is 8.51. The summed E-state index contributed by atoms with van der Waals surface area (Å²) in [6.07, 6.45) is 1.98. The van der Waals surface area contributed by atoms with Gasteiger partial charge in [-0.3, -0.25) is 9.59 Å². The first kappa shape index (κ1) is 10.1. The van der Waals surface area contributed by atoms with Crippen LogP contribution in [0.3, 0.4) is 0 Å². The van der Waals surface area contributed by atoms with Crippen molar-refractivity contribution in [3.05, 3.63) is 0 Å². The molecule has 1 rings (SSSR count). The molecule has 4 nitrogen and oxygen atoms in total. The van der Waals surface area contributed by atoms with E-state index in [0.717, 1.165) is 0 Å². The summed E-state index contributed by atoms with van der Waals surface area (Å²) in [4.78, 5) is 21.0. The molecule has 0 saturated heterocycles. The number of rotatable bonds is 1. The molecule has 3 N–H and O–H groups in total. The molecule has 1 aliphatic carbocycles. The Morgan fingerprint density at radius 2 is 1.82 bits per heavy atom. The third-order valence-corrected chi connectivity index (χ3v) is 1.89. The summed E-state index contributed by atoms with van der Waals surface area (Å²) >= 11 is 0. The summed E-state index contributed by atoms with van der Waals surface area (Å²) in [6, 6.07) is 0. The molecule has 64 valence electrons. The minimum atomic E-state index is -0.757. The van der Waals surface area contributed by atoms with Crippen molar-refractivity contribution in [2.75, 3.05) is 0 Å². The highest BCUT2D eigenvalue weighted by atomic mass is 16.4. The zero-order chi connectivity index (χ0) is 7.56. The zero-order valence-electron chi connectivity index (χ0n) is 6.17. The summed E-state index contributed by atoms with van der Waals surface area (Å²) in [6.45, 7) is 0. The monoisotopic (exact) mass is 160 g/mol. The topological polar surface area (TPSA) is 85.9 Å². The minimum Gasteiger partial charge on any atom is -0.481 e. The van der Waals surface area contributed by atoms with E-state index in [4.69, 9.17) is 5.11 Å². The van der Waals surface area contributed by atoms with Crippen molar-refractivity contribution in [3.8, 4) is 0 Å². The number of aliphatic carboxylic acids is 1. The van der Waals surface area contributed by atoms with E-state index < -0.39 is 5.97 Å². The van der Waals surface area contributed by atoms with Crippen LogP contribution in [0.4, 0.5) is 0 Å². The Hall–Kier alpha value is -0.900. The third-order valence-electron chi connectivity index (χ3n) is 1.89. The van der Waals surface area contributed by atoms with E-state index in [2.05, 4.69) is 0 Å². The molecular weight excluding hydrogens is 148 g/mol. The van der Waals surface area contributed by atoms with Crippen molar-refractivity contribution in [1.82, 2.24) is 0 Å². The van der Waals surface area contributed by atoms with Gasteiger partial charge in [0.2, 0.25) is 0 Å². The summed E-state index contributed by atoms with van der Waals surface area (Å²) in [5.74, 6) is -0.817. The average Bonchev–Trinajstić information content (AvgIpc) is 1.88. The van der Waals surface area contributed by atoms with Gasteiger partial charge in [-0.05, 0) is 12.8 Å². The first-order valence-corrected chi connectivity index (χ1v) is 3.44. The Morgan fingerprint density at radius 3 is 2.18 bits per heavy atom. The van der Waals surface area contributed by atoms with E-state index in [-0.39, 0.29) is 17.2 Å². The van der Waals surface area contributed by atoms with E-state index in [9.17, 15) is 9.59 Å². The molecule has 0 radical (unpaired) electrons. The Balaban J connectivity index is 0.000001000. The van der Waals surface area contributed by atoms with Crippen molar-refractivity contribution in [1.29, 1.82) is 0 Å². The number of hydrogen-bond donors (Lipinski definition) is 1. The second kappa shape index (κ2) is 4.08. The predicted octanol–water partition coefficient (Wildman–Crippen LogP) is 0.00560. The lowest BCUT2D eigenvalue weighted by atomic mass is 9.89. The molecule has 0 aliphatic heterocycles. The maximum atomic E-state index is 10.6. The standard InChI is InChI=1S/C7H10O3.H2O/c8-6-3-1-5(2-4-6)7(9)10;/h5H,1-4H2,(H,9,10);1H2. The highest BCUT2D eigenvalue weighted by molar-refractivity contribution is 5.81. The van der Waals surface area contributed by atoms with Crippen LogP contribution in [0.5, 0.6) is 0 Å². The van der Waals surface area contributed by atoms with Gasteiger partial charge in [0, 0.05) is 12.8 Å². The van der Waals surface area contributed by atoms with Gasteiger partial charge in [-0.2, -0.15) is 0 Å². The second-order valence-electron chi connectivity index (χ2n) is 2.65.